The second-order valence-electron chi connectivity index (χ2n) is 14.2. The molecule has 3 aromatic heterocycles. The fourth-order valence-corrected chi connectivity index (χ4v) is 8.85. The number of aromatic hydroxyl groups is 1. The molecule has 12 nitrogen and oxygen atoms in total. The molecule has 15 heteroatoms. The van der Waals surface area contributed by atoms with Gasteiger partial charge in [-0.15, -0.1) is 6.42 Å². The molecule has 270 valence electrons. The summed E-state index contributed by atoms with van der Waals surface area (Å²) in [5.74, 6) is 1.24. The summed E-state index contributed by atoms with van der Waals surface area (Å²) in [6.07, 6.45) is 12.8. The Labute approximate surface area is 302 Å². The number of phenols is 1. The molecule has 4 aliphatic rings. The lowest BCUT2D eigenvalue weighted by Crippen LogP contribution is -2.57. The Morgan fingerprint density at radius 2 is 1.89 bits per heavy atom. The Morgan fingerprint density at radius 3 is 2.66 bits per heavy atom. The van der Waals surface area contributed by atoms with Gasteiger partial charge in [-0.1, -0.05) is 12.0 Å². The zero-order chi connectivity index (χ0) is 36.4. The number of alkyl halides is 1. The minimum atomic E-state index is -0.967. The van der Waals surface area contributed by atoms with E-state index < -0.39 is 23.3 Å². The number of terminal acetylenes is 1. The predicted molar refractivity (Wildman–Crippen MR) is 190 cm³/mol. The molecule has 0 aliphatic carbocycles. The minimum absolute atomic E-state index is 0.0862. The molecule has 9 rings (SSSR count). The van der Waals surface area contributed by atoms with Crippen LogP contribution in [0.3, 0.4) is 0 Å². The van der Waals surface area contributed by atoms with E-state index in [0.717, 1.165) is 32.2 Å². The second kappa shape index (κ2) is 12.7. The highest BCUT2D eigenvalue weighted by atomic mass is 19.1. The number of nitrogens with zero attached hydrogens (tertiary/aromatic N) is 8. The van der Waals surface area contributed by atoms with Crippen LogP contribution in [0.2, 0.25) is 0 Å². The molecule has 7 heterocycles. The molecular weight excluding hydrogens is 687 g/mol. The molecule has 2 amide bonds. The number of piperazine rings is 1. The van der Waals surface area contributed by atoms with Gasteiger partial charge in [-0.05, 0) is 61.9 Å². The molecule has 0 radical (unpaired) electrons. The molecule has 2 N–H and O–H groups in total. The maximum atomic E-state index is 17.0. The molecule has 0 spiro atoms. The maximum Gasteiger partial charge on any atom is 0.324 e. The molecule has 4 atom stereocenters. The van der Waals surface area contributed by atoms with Crippen molar-refractivity contribution in [1.82, 2.24) is 34.7 Å². The Hall–Kier alpha value is -5.75. The van der Waals surface area contributed by atoms with E-state index in [1.807, 2.05) is 4.90 Å². The highest BCUT2D eigenvalue weighted by Gasteiger charge is 2.49. The maximum absolute atomic E-state index is 17.0. The summed E-state index contributed by atoms with van der Waals surface area (Å²) in [6, 6.07) is 6.26. The summed E-state index contributed by atoms with van der Waals surface area (Å²) in [7, 11) is 0. The zero-order valence-corrected chi connectivity index (χ0v) is 28.5. The van der Waals surface area contributed by atoms with Gasteiger partial charge in [0.1, 0.15) is 41.4 Å². The van der Waals surface area contributed by atoms with E-state index in [9.17, 15) is 18.7 Å². The van der Waals surface area contributed by atoms with Crippen LogP contribution in [0.5, 0.6) is 11.8 Å². The Bertz CT molecular complexity index is 2310. The fraction of sp³-hybridized carbons (Fsp3) is 0.368. The molecule has 4 saturated heterocycles. The normalized spacial score (nSPS) is 23.8. The lowest BCUT2D eigenvalue weighted by molar-refractivity contribution is 0.107. The van der Waals surface area contributed by atoms with E-state index in [-0.39, 0.29) is 70.2 Å². The van der Waals surface area contributed by atoms with Crippen LogP contribution in [-0.4, -0.2) is 102 Å². The smallest absolute Gasteiger partial charge is 0.324 e. The standard InChI is InChI=1S/C38H34F3N9O3/c1-2-26-29(40)8-5-21-13-25(51)14-27(30(21)26)32-31(41)33-28(16-44-32)34(46-36(45-33)53-20-38-9-3-12-49(38)17-22(39)15-38)48-18-23-6-7-24(19-48)50(23)37(52)47-35-42-10-4-11-43-35/h1,4-5,8,10-11,13-14,16,22-24,51H,3,6-7,9,12,15,17-20H2,(H,42,43,47,52)/t22-,23?,24?,38+/m1/s1. The quantitative estimate of drug-likeness (QED) is 0.219. The summed E-state index contributed by atoms with van der Waals surface area (Å²) in [4.78, 5) is 41.4. The predicted octanol–water partition coefficient (Wildman–Crippen LogP) is 5.44. The van der Waals surface area contributed by atoms with Crippen LogP contribution in [0, 0.1) is 24.0 Å². The van der Waals surface area contributed by atoms with Crippen LogP contribution in [0.1, 0.15) is 37.7 Å². The van der Waals surface area contributed by atoms with Gasteiger partial charge >= 0.3 is 12.0 Å². The molecule has 0 saturated carbocycles. The molecule has 5 aromatic rings. The van der Waals surface area contributed by atoms with Crippen molar-refractivity contribution in [3.63, 3.8) is 0 Å². The minimum Gasteiger partial charge on any atom is -0.508 e. The average molecular weight is 722 g/mol. The van der Waals surface area contributed by atoms with E-state index in [1.54, 1.807) is 23.4 Å². The summed E-state index contributed by atoms with van der Waals surface area (Å²) in [5, 5.41) is 14.3. The molecular formula is C38H34F3N9O3. The summed E-state index contributed by atoms with van der Waals surface area (Å²) >= 11 is 0. The van der Waals surface area contributed by atoms with Gasteiger partial charge in [0.05, 0.1) is 28.6 Å². The van der Waals surface area contributed by atoms with Crippen molar-refractivity contribution in [3.05, 3.63) is 66.1 Å². The Balaban J connectivity index is 1.12. The van der Waals surface area contributed by atoms with Gasteiger partial charge in [0, 0.05) is 55.6 Å². The fourth-order valence-electron chi connectivity index (χ4n) is 8.85. The first-order valence-electron chi connectivity index (χ1n) is 17.6. The molecule has 4 fully saturated rings. The third-order valence-electron chi connectivity index (χ3n) is 11.1. The number of nitrogens with one attached hydrogen (secondary N) is 1. The monoisotopic (exact) mass is 721 g/mol. The first-order valence-corrected chi connectivity index (χ1v) is 17.6. The zero-order valence-electron chi connectivity index (χ0n) is 28.5. The van der Waals surface area contributed by atoms with Crippen molar-refractivity contribution < 1.29 is 27.8 Å². The number of pyridine rings is 1. The number of rotatable bonds is 6. The van der Waals surface area contributed by atoms with Gasteiger partial charge in [-0.3, -0.25) is 15.2 Å². The number of benzene rings is 2. The van der Waals surface area contributed by atoms with E-state index in [1.165, 1.54) is 30.5 Å². The number of urea groups is 1. The average Bonchev–Trinajstić information content (AvgIpc) is 3.77. The lowest BCUT2D eigenvalue weighted by atomic mass is 9.95. The molecule has 2 bridgehead atoms. The number of ether oxygens (including phenoxy) is 1. The number of amides is 2. The molecule has 2 aromatic carbocycles. The number of carbonyl (C=O) groups excluding carboxylic acids is 1. The summed E-state index contributed by atoms with van der Waals surface area (Å²) in [5.41, 5.74) is -0.802. The van der Waals surface area contributed by atoms with Crippen molar-refractivity contribution in [2.75, 3.05) is 43.0 Å². The van der Waals surface area contributed by atoms with Crippen LogP contribution in [0.4, 0.5) is 29.7 Å². The van der Waals surface area contributed by atoms with Crippen LogP contribution in [0.25, 0.3) is 32.9 Å². The van der Waals surface area contributed by atoms with Crippen molar-refractivity contribution in [1.29, 1.82) is 0 Å². The van der Waals surface area contributed by atoms with Crippen molar-refractivity contribution in [2.24, 2.45) is 0 Å². The van der Waals surface area contributed by atoms with Crippen LogP contribution in [0.15, 0.2) is 48.9 Å². The van der Waals surface area contributed by atoms with Crippen molar-refractivity contribution in [2.45, 2.75) is 55.9 Å². The second-order valence-corrected chi connectivity index (χ2v) is 14.2. The number of phenolic OH excluding ortho intramolecular Hbond substituents is 1. The van der Waals surface area contributed by atoms with E-state index in [2.05, 4.69) is 36.1 Å². The Morgan fingerprint density at radius 1 is 1.09 bits per heavy atom. The SMILES string of the molecule is C#Cc1c(F)ccc2cc(O)cc(-c3ncc4c(N5CC6CCC(C5)N6C(=O)Nc5ncccn5)nc(OC[C@@]56CCCN5C[C@H](F)C6)nc4c3F)c12. The van der Waals surface area contributed by atoms with Crippen LogP contribution in [-0.2, 0) is 0 Å². The van der Waals surface area contributed by atoms with Crippen LogP contribution < -0.4 is 15.0 Å². The van der Waals surface area contributed by atoms with Crippen molar-refractivity contribution in [3.8, 4) is 35.4 Å². The highest BCUT2D eigenvalue weighted by molar-refractivity contribution is 6.03. The summed E-state index contributed by atoms with van der Waals surface area (Å²) in [6.45, 7) is 2.01. The van der Waals surface area contributed by atoms with Gasteiger partial charge in [0.15, 0.2) is 5.82 Å². The van der Waals surface area contributed by atoms with Crippen molar-refractivity contribution >= 4 is 39.5 Å². The molecule has 2 unspecified atom stereocenters. The van der Waals surface area contributed by atoms with Gasteiger partial charge in [-0.2, -0.15) is 9.97 Å². The summed E-state index contributed by atoms with van der Waals surface area (Å²) < 4.78 is 52.9. The lowest BCUT2D eigenvalue weighted by Gasteiger charge is -2.41. The van der Waals surface area contributed by atoms with Gasteiger partial charge < -0.3 is 19.6 Å². The topological polar surface area (TPSA) is 133 Å². The molecule has 4 aliphatic heterocycles. The third-order valence-corrected chi connectivity index (χ3v) is 11.1. The Kier molecular flexibility index (Phi) is 7.95. The number of hydrogen-bond acceptors (Lipinski definition) is 10. The van der Waals surface area contributed by atoms with Gasteiger partial charge in [-0.25, -0.2) is 27.9 Å². The molecule has 53 heavy (non-hydrogen) atoms. The number of anilines is 2. The van der Waals surface area contributed by atoms with E-state index in [4.69, 9.17) is 16.1 Å². The number of fused-ring (bicyclic) bond motifs is 5. The number of hydrogen-bond donors (Lipinski definition) is 2. The van der Waals surface area contributed by atoms with Gasteiger partial charge in [0.2, 0.25) is 5.95 Å². The first kappa shape index (κ1) is 33.1. The number of carbonyl (C=O) groups is 1. The first-order chi connectivity index (χ1) is 25.7. The largest absolute Gasteiger partial charge is 0.508 e. The van der Waals surface area contributed by atoms with Gasteiger partial charge in [0.25, 0.3) is 0 Å². The highest BCUT2D eigenvalue weighted by Crippen LogP contribution is 2.42. The number of halogens is 3. The number of aromatic nitrogens is 5. The van der Waals surface area contributed by atoms with E-state index in [0.29, 0.717) is 42.6 Å². The van der Waals surface area contributed by atoms with E-state index >= 15 is 4.39 Å². The van der Waals surface area contributed by atoms with Crippen LogP contribution >= 0.6 is 0 Å². The third kappa shape index (κ3) is 5.59.